The second-order valence-electron chi connectivity index (χ2n) is 8.11. The van der Waals surface area contributed by atoms with Crippen molar-refractivity contribution in [3.8, 4) is 23.1 Å². The molecule has 4 aromatic rings. The van der Waals surface area contributed by atoms with Gasteiger partial charge in [-0.05, 0) is 54.6 Å². The molecule has 5 rings (SSSR count). The minimum atomic E-state index is -1.96. The molecule has 1 aliphatic heterocycles. The molecule has 2 aromatic heterocycles. The number of rotatable bonds is 8. The number of methoxy groups -OCH3 is 1. The Labute approximate surface area is 209 Å². The Bertz CT molecular complexity index is 1470. The van der Waals surface area contributed by atoms with Gasteiger partial charge < -0.3 is 14.2 Å². The minimum absolute atomic E-state index is 0.0481. The van der Waals surface area contributed by atoms with E-state index in [1.807, 2.05) is 0 Å². The molecule has 11 nitrogen and oxygen atoms in total. The van der Waals surface area contributed by atoms with E-state index in [9.17, 15) is 18.8 Å². The Hall–Kier alpha value is -4.84. The third-order valence-corrected chi connectivity index (χ3v) is 5.62. The lowest BCUT2D eigenvalue weighted by Crippen LogP contribution is -2.69. The van der Waals surface area contributed by atoms with Crippen LogP contribution in [-0.2, 0) is 14.3 Å². The summed E-state index contributed by atoms with van der Waals surface area (Å²) in [6, 6.07) is 13.5. The monoisotopic (exact) mass is 505 g/mol. The number of carbonyl (C=O) groups is 3. The van der Waals surface area contributed by atoms with Crippen molar-refractivity contribution < 1.29 is 33.0 Å². The quantitative estimate of drug-likeness (QED) is 0.349. The minimum Gasteiger partial charge on any atom is -0.467 e. The molecule has 1 saturated heterocycles. The largest absolute Gasteiger partial charge is 0.467 e. The summed E-state index contributed by atoms with van der Waals surface area (Å²) in [5.74, 6) is -0.480. The first-order valence-corrected chi connectivity index (χ1v) is 11.1. The Morgan fingerprint density at radius 3 is 2.32 bits per heavy atom. The van der Waals surface area contributed by atoms with Crippen LogP contribution in [0.2, 0.25) is 0 Å². The van der Waals surface area contributed by atoms with Crippen LogP contribution in [0.25, 0.3) is 16.7 Å². The summed E-state index contributed by atoms with van der Waals surface area (Å²) in [6.07, 6.45) is 2.77. The van der Waals surface area contributed by atoms with E-state index in [1.165, 1.54) is 31.4 Å². The number of urea groups is 1. The average Bonchev–Trinajstić information content (AvgIpc) is 3.30. The van der Waals surface area contributed by atoms with Crippen LogP contribution in [0, 0.1) is 5.82 Å². The molecule has 1 fully saturated rings. The SMILES string of the molecule is COCCC1(Oc2ccc(Oc3ccc4nn(-c5ccc(F)cn5)cc4c3)cc2)C(=O)NC(=O)NC1=O. The molecular weight excluding hydrogens is 485 g/mol. The molecule has 12 heteroatoms. The summed E-state index contributed by atoms with van der Waals surface area (Å²) in [7, 11) is 1.42. The number of benzene rings is 2. The highest BCUT2D eigenvalue weighted by molar-refractivity contribution is 6.21. The number of imide groups is 2. The van der Waals surface area contributed by atoms with Gasteiger partial charge in [-0.1, -0.05) is 0 Å². The second-order valence-corrected chi connectivity index (χ2v) is 8.11. The molecule has 0 spiro atoms. The number of hydrogen-bond acceptors (Lipinski definition) is 8. The maximum absolute atomic E-state index is 13.2. The number of fused-ring (bicyclic) bond motifs is 1. The summed E-state index contributed by atoms with van der Waals surface area (Å²) in [4.78, 5) is 40.6. The number of nitrogens with one attached hydrogen (secondary N) is 2. The zero-order chi connectivity index (χ0) is 26.0. The highest BCUT2D eigenvalue weighted by Gasteiger charge is 2.52. The van der Waals surface area contributed by atoms with E-state index in [2.05, 4.69) is 20.7 Å². The van der Waals surface area contributed by atoms with Crippen LogP contribution in [0.3, 0.4) is 0 Å². The number of barbiturate groups is 1. The lowest BCUT2D eigenvalue weighted by Gasteiger charge is -2.34. The van der Waals surface area contributed by atoms with Gasteiger partial charge in [0.25, 0.3) is 17.4 Å². The molecule has 188 valence electrons. The van der Waals surface area contributed by atoms with Gasteiger partial charge in [-0.3, -0.25) is 20.2 Å². The summed E-state index contributed by atoms with van der Waals surface area (Å²) in [5.41, 5.74) is -1.26. The Morgan fingerprint density at radius 1 is 0.946 bits per heavy atom. The average molecular weight is 505 g/mol. The number of hydrogen-bond donors (Lipinski definition) is 2. The van der Waals surface area contributed by atoms with Gasteiger partial charge in [-0.25, -0.2) is 18.9 Å². The lowest BCUT2D eigenvalue weighted by atomic mass is 9.95. The Kier molecular flexibility index (Phi) is 6.24. The molecule has 0 aliphatic carbocycles. The number of nitrogens with zero attached hydrogens (tertiary/aromatic N) is 3. The van der Waals surface area contributed by atoms with Crippen molar-refractivity contribution in [1.82, 2.24) is 25.4 Å². The first-order chi connectivity index (χ1) is 17.9. The van der Waals surface area contributed by atoms with E-state index in [0.717, 1.165) is 11.6 Å². The zero-order valence-corrected chi connectivity index (χ0v) is 19.4. The summed E-state index contributed by atoms with van der Waals surface area (Å²) in [6.45, 7) is 0.0481. The van der Waals surface area contributed by atoms with Crippen LogP contribution >= 0.6 is 0 Å². The van der Waals surface area contributed by atoms with E-state index in [1.54, 1.807) is 41.2 Å². The van der Waals surface area contributed by atoms with E-state index in [0.29, 0.717) is 22.8 Å². The molecule has 0 radical (unpaired) electrons. The van der Waals surface area contributed by atoms with Crippen LogP contribution in [0.4, 0.5) is 9.18 Å². The number of carbonyl (C=O) groups excluding carboxylic acids is 3. The summed E-state index contributed by atoms with van der Waals surface area (Å²) < 4.78 is 31.4. The third-order valence-electron chi connectivity index (χ3n) is 5.62. The van der Waals surface area contributed by atoms with Gasteiger partial charge in [-0.2, -0.15) is 5.10 Å². The van der Waals surface area contributed by atoms with Crippen molar-refractivity contribution in [3.63, 3.8) is 0 Å². The molecule has 37 heavy (non-hydrogen) atoms. The standard InChI is InChI=1S/C25H20FN5O6/c1-35-11-10-25(22(32)28-24(34)29-23(25)33)37-18-5-3-17(4-6-18)36-19-7-8-20-15(12-19)14-31(30-20)21-9-2-16(26)13-27-21/h2-9,12-14H,10-11H2,1H3,(H2,28,29,32,33,34). The topological polar surface area (TPSA) is 134 Å². The predicted octanol–water partition coefficient (Wildman–Crippen LogP) is 2.87. The number of pyridine rings is 1. The van der Waals surface area contributed by atoms with Crippen LogP contribution in [0.15, 0.2) is 67.0 Å². The molecule has 0 bridgehead atoms. The van der Waals surface area contributed by atoms with Crippen LogP contribution in [-0.4, -0.2) is 51.9 Å². The fourth-order valence-electron chi connectivity index (χ4n) is 3.76. The Balaban J connectivity index is 1.32. The van der Waals surface area contributed by atoms with Crippen LogP contribution in [0.1, 0.15) is 6.42 Å². The van der Waals surface area contributed by atoms with Crippen molar-refractivity contribution in [2.24, 2.45) is 0 Å². The Morgan fingerprint density at radius 2 is 1.65 bits per heavy atom. The van der Waals surface area contributed by atoms with Gasteiger partial charge >= 0.3 is 6.03 Å². The van der Waals surface area contributed by atoms with Gasteiger partial charge in [0.1, 0.15) is 23.1 Å². The molecule has 3 heterocycles. The van der Waals surface area contributed by atoms with Crippen LogP contribution in [0.5, 0.6) is 17.2 Å². The first kappa shape index (κ1) is 23.9. The first-order valence-electron chi connectivity index (χ1n) is 11.1. The molecule has 1 aliphatic rings. The smallest absolute Gasteiger partial charge is 0.328 e. The fourth-order valence-corrected chi connectivity index (χ4v) is 3.76. The highest BCUT2D eigenvalue weighted by Crippen LogP contribution is 2.30. The van der Waals surface area contributed by atoms with Gasteiger partial charge in [0, 0.05) is 25.1 Å². The molecule has 0 saturated carbocycles. The van der Waals surface area contributed by atoms with Crippen LogP contribution < -0.4 is 20.1 Å². The summed E-state index contributed by atoms with van der Waals surface area (Å²) >= 11 is 0. The van der Waals surface area contributed by atoms with Crippen molar-refractivity contribution in [2.45, 2.75) is 12.0 Å². The third kappa shape index (κ3) is 4.82. The van der Waals surface area contributed by atoms with Crippen molar-refractivity contribution in [2.75, 3.05) is 13.7 Å². The normalized spacial score (nSPS) is 14.8. The molecule has 2 aromatic carbocycles. The van der Waals surface area contributed by atoms with E-state index < -0.39 is 29.3 Å². The van der Waals surface area contributed by atoms with E-state index in [-0.39, 0.29) is 18.8 Å². The zero-order valence-electron chi connectivity index (χ0n) is 19.4. The van der Waals surface area contributed by atoms with E-state index >= 15 is 0 Å². The lowest BCUT2D eigenvalue weighted by molar-refractivity contribution is -0.153. The van der Waals surface area contributed by atoms with Gasteiger partial charge in [0.15, 0.2) is 5.82 Å². The highest BCUT2D eigenvalue weighted by atomic mass is 19.1. The number of ether oxygens (including phenoxy) is 3. The van der Waals surface area contributed by atoms with Crippen molar-refractivity contribution >= 4 is 28.7 Å². The maximum Gasteiger partial charge on any atom is 0.328 e. The second kappa shape index (κ2) is 9.66. The molecule has 0 unspecified atom stereocenters. The maximum atomic E-state index is 13.2. The molecule has 4 amide bonds. The number of halogens is 1. The fraction of sp³-hybridized carbons (Fsp3) is 0.160. The van der Waals surface area contributed by atoms with Crippen molar-refractivity contribution in [3.05, 3.63) is 72.8 Å². The van der Waals surface area contributed by atoms with Gasteiger partial charge in [-0.15, -0.1) is 0 Å². The van der Waals surface area contributed by atoms with Gasteiger partial charge in [0.05, 0.1) is 18.3 Å². The van der Waals surface area contributed by atoms with Gasteiger partial charge in [0.2, 0.25) is 0 Å². The molecule has 2 N–H and O–H groups in total. The molecular formula is C25H20FN5O6. The molecule has 0 atom stereocenters. The number of aromatic nitrogens is 3. The van der Waals surface area contributed by atoms with Crippen molar-refractivity contribution in [1.29, 1.82) is 0 Å². The number of amides is 4. The predicted molar refractivity (Wildman–Crippen MR) is 127 cm³/mol. The van der Waals surface area contributed by atoms with E-state index in [4.69, 9.17) is 14.2 Å². The summed E-state index contributed by atoms with van der Waals surface area (Å²) in [5, 5.41) is 9.34.